The Labute approximate surface area is 144 Å². The highest BCUT2D eigenvalue weighted by Gasteiger charge is 2.52. The summed E-state index contributed by atoms with van der Waals surface area (Å²) in [4.78, 5) is 11.5. The van der Waals surface area contributed by atoms with Crippen LogP contribution in [0.2, 0.25) is 0 Å². The predicted molar refractivity (Wildman–Crippen MR) is 96.1 cm³/mol. The predicted octanol–water partition coefficient (Wildman–Crippen LogP) is 2.93. The Hall–Kier alpha value is -1.63. The second-order valence-corrected chi connectivity index (χ2v) is 7.23. The lowest BCUT2D eigenvalue weighted by molar-refractivity contribution is 0.00578. The highest BCUT2D eigenvalue weighted by molar-refractivity contribution is 6.56. The number of nitrogens with one attached hydrogen (secondary N) is 1. The van der Waals surface area contributed by atoms with Crippen molar-refractivity contribution in [3.8, 4) is 0 Å². The first kappa shape index (κ1) is 18.7. The van der Waals surface area contributed by atoms with Crippen LogP contribution in [0.1, 0.15) is 49.2 Å². The quantitative estimate of drug-likeness (QED) is 0.812. The lowest BCUT2D eigenvalue weighted by Gasteiger charge is -2.32. The first-order valence-electron chi connectivity index (χ1n) is 8.12. The number of aryl methyl sites for hydroxylation is 1. The van der Waals surface area contributed by atoms with Gasteiger partial charge in [-0.1, -0.05) is 23.8 Å². The molecule has 0 amide bonds. The fourth-order valence-electron chi connectivity index (χ4n) is 2.60. The molecule has 0 atom stereocenters. The van der Waals surface area contributed by atoms with Gasteiger partial charge in [0.05, 0.1) is 16.8 Å². The molecule has 0 aliphatic carbocycles. The first-order chi connectivity index (χ1) is 11.1. The van der Waals surface area contributed by atoms with Crippen LogP contribution in [0.3, 0.4) is 0 Å². The first-order valence-corrected chi connectivity index (χ1v) is 8.12. The molecule has 1 aromatic rings. The van der Waals surface area contributed by atoms with Crippen LogP contribution in [0.4, 0.5) is 0 Å². The summed E-state index contributed by atoms with van der Waals surface area (Å²) in [5.41, 5.74) is 1.92. The Kier molecular flexibility index (Phi) is 5.23. The summed E-state index contributed by atoms with van der Waals surface area (Å²) >= 11 is 0. The maximum atomic E-state index is 11.5. The third-order valence-electron chi connectivity index (χ3n) is 4.72. The molecule has 1 aliphatic heterocycles. The van der Waals surface area contributed by atoms with Crippen LogP contribution in [-0.2, 0) is 9.31 Å². The maximum absolute atomic E-state index is 11.5. The van der Waals surface area contributed by atoms with Gasteiger partial charge in [0.1, 0.15) is 0 Å². The van der Waals surface area contributed by atoms with E-state index in [4.69, 9.17) is 9.31 Å². The summed E-state index contributed by atoms with van der Waals surface area (Å²) < 4.78 is 12.2. The molecule has 1 aliphatic rings. The van der Waals surface area contributed by atoms with Gasteiger partial charge in [0.2, 0.25) is 0 Å². The van der Waals surface area contributed by atoms with Gasteiger partial charge in [0.15, 0.2) is 0 Å². The van der Waals surface area contributed by atoms with Gasteiger partial charge < -0.3 is 19.7 Å². The van der Waals surface area contributed by atoms with Crippen molar-refractivity contribution in [3.05, 3.63) is 40.4 Å². The summed E-state index contributed by atoms with van der Waals surface area (Å²) in [6.45, 7) is 10.5. The molecule has 6 heteroatoms. The summed E-state index contributed by atoms with van der Waals surface area (Å²) in [6, 6.07) is 5.29. The number of aromatic carboxylic acids is 1. The van der Waals surface area contributed by atoms with Gasteiger partial charge in [-0.2, -0.15) is 0 Å². The van der Waals surface area contributed by atoms with Crippen LogP contribution in [0.15, 0.2) is 23.7 Å². The molecule has 0 unspecified atom stereocenters. The summed E-state index contributed by atoms with van der Waals surface area (Å²) in [6.07, 6.45) is 1.86. The minimum Gasteiger partial charge on any atom is -0.478 e. The number of hydrogen-bond acceptors (Lipinski definition) is 4. The molecule has 1 aromatic carbocycles. The van der Waals surface area contributed by atoms with Crippen molar-refractivity contribution in [2.24, 2.45) is 0 Å². The second-order valence-electron chi connectivity index (χ2n) is 7.23. The lowest BCUT2D eigenvalue weighted by Crippen LogP contribution is -2.41. The summed E-state index contributed by atoms with van der Waals surface area (Å²) in [5.74, 6) is -0.945. The maximum Gasteiger partial charge on any atom is 0.491 e. The van der Waals surface area contributed by atoms with E-state index >= 15 is 0 Å². The van der Waals surface area contributed by atoms with Crippen molar-refractivity contribution in [2.75, 3.05) is 13.6 Å². The largest absolute Gasteiger partial charge is 0.491 e. The SMILES string of the molecule is CNCC(=Cc1cc(C)ccc1C(=O)O)B1OC(C)(C)C(C)(C)O1. The van der Waals surface area contributed by atoms with Crippen molar-refractivity contribution in [3.63, 3.8) is 0 Å². The van der Waals surface area contributed by atoms with Crippen molar-refractivity contribution >= 4 is 19.2 Å². The molecular weight excluding hydrogens is 305 g/mol. The fourth-order valence-corrected chi connectivity index (χ4v) is 2.60. The molecule has 0 bridgehead atoms. The number of benzene rings is 1. The smallest absolute Gasteiger partial charge is 0.478 e. The molecule has 1 fully saturated rings. The Morgan fingerprint density at radius 2 is 1.83 bits per heavy atom. The van der Waals surface area contributed by atoms with E-state index in [0.717, 1.165) is 11.0 Å². The van der Waals surface area contributed by atoms with Crippen LogP contribution in [0.5, 0.6) is 0 Å². The highest BCUT2D eigenvalue weighted by Crippen LogP contribution is 2.38. The highest BCUT2D eigenvalue weighted by atomic mass is 16.7. The van der Waals surface area contributed by atoms with Crippen molar-refractivity contribution in [2.45, 2.75) is 45.8 Å². The topological polar surface area (TPSA) is 67.8 Å². The van der Waals surface area contributed by atoms with Gasteiger partial charge >= 0.3 is 13.1 Å². The van der Waals surface area contributed by atoms with E-state index in [2.05, 4.69) is 5.32 Å². The number of carboxylic acids is 1. The average molecular weight is 331 g/mol. The minimum atomic E-state index is -0.945. The Balaban J connectivity index is 2.44. The molecular formula is C18H26BNO4. The van der Waals surface area contributed by atoms with Gasteiger partial charge in [-0.3, -0.25) is 0 Å². The van der Waals surface area contributed by atoms with E-state index < -0.39 is 24.3 Å². The standard InChI is InChI=1S/C18H26BNO4/c1-12-7-8-15(16(21)22)13(9-12)10-14(11-20-6)19-23-17(2,3)18(4,5)24-19/h7-10,20H,11H2,1-6H3,(H,21,22). The number of carboxylic acid groups (broad SMARTS) is 1. The third-order valence-corrected chi connectivity index (χ3v) is 4.72. The van der Waals surface area contributed by atoms with Crippen molar-refractivity contribution in [1.29, 1.82) is 0 Å². The monoisotopic (exact) mass is 331 g/mol. The fraction of sp³-hybridized carbons (Fsp3) is 0.500. The zero-order chi connectivity index (χ0) is 18.1. The Morgan fingerprint density at radius 1 is 1.25 bits per heavy atom. The molecule has 1 heterocycles. The van der Waals surface area contributed by atoms with Crippen LogP contribution in [-0.4, -0.2) is 43.0 Å². The molecule has 0 aromatic heterocycles. The van der Waals surface area contributed by atoms with Crippen LogP contribution >= 0.6 is 0 Å². The number of rotatable bonds is 5. The average Bonchev–Trinajstić information content (AvgIpc) is 2.66. The summed E-state index contributed by atoms with van der Waals surface area (Å²) in [5, 5.41) is 12.5. The van der Waals surface area contributed by atoms with Crippen molar-refractivity contribution < 1.29 is 19.2 Å². The number of hydrogen-bond donors (Lipinski definition) is 2. The molecule has 2 N–H and O–H groups in total. The Morgan fingerprint density at radius 3 is 2.33 bits per heavy atom. The zero-order valence-electron chi connectivity index (χ0n) is 15.3. The molecule has 130 valence electrons. The van der Waals surface area contributed by atoms with E-state index in [9.17, 15) is 9.90 Å². The normalized spacial score (nSPS) is 19.6. The molecule has 0 radical (unpaired) electrons. The van der Waals surface area contributed by atoms with E-state index in [-0.39, 0.29) is 5.56 Å². The number of carbonyl (C=O) groups is 1. The van der Waals surface area contributed by atoms with Gasteiger partial charge in [-0.05, 0) is 58.8 Å². The molecule has 24 heavy (non-hydrogen) atoms. The van der Waals surface area contributed by atoms with Gasteiger partial charge in [-0.15, -0.1) is 0 Å². The molecule has 0 spiro atoms. The zero-order valence-corrected chi connectivity index (χ0v) is 15.3. The van der Waals surface area contributed by atoms with Crippen LogP contribution < -0.4 is 5.32 Å². The van der Waals surface area contributed by atoms with Gasteiger partial charge in [0.25, 0.3) is 0 Å². The van der Waals surface area contributed by atoms with Gasteiger partial charge in [-0.25, -0.2) is 4.79 Å². The summed E-state index contributed by atoms with van der Waals surface area (Å²) in [7, 11) is 1.33. The third kappa shape index (κ3) is 3.71. The van der Waals surface area contributed by atoms with Crippen LogP contribution in [0.25, 0.3) is 6.08 Å². The molecule has 1 saturated heterocycles. The molecule has 5 nitrogen and oxygen atoms in total. The molecule has 2 rings (SSSR count). The van der Waals surface area contributed by atoms with E-state index in [1.54, 1.807) is 12.1 Å². The van der Waals surface area contributed by atoms with Crippen LogP contribution in [0, 0.1) is 6.92 Å². The molecule has 0 saturated carbocycles. The second kappa shape index (κ2) is 6.71. The van der Waals surface area contributed by atoms with E-state index in [1.807, 2.05) is 53.8 Å². The van der Waals surface area contributed by atoms with Gasteiger partial charge in [0, 0.05) is 6.54 Å². The number of likely N-dealkylation sites (N-methyl/N-ethyl adjacent to an activating group) is 1. The van der Waals surface area contributed by atoms with E-state index in [1.165, 1.54) is 0 Å². The lowest BCUT2D eigenvalue weighted by atomic mass is 9.76. The Bertz CT molecular complexity index is 651. The minimum absolute atomic E-state index is 0.269. The van der Waals surface area contributed by atoms with E-state index in [0.29, 0.717) is 12.1 Å². The van der Waals surface area contributed by atoms with Crippen molar-refractivity contribution in [1.82, 2.24) is 5.32 Å².